The molecule has 1 aliphatic carbocycles. The van der Waals surface area contributed by atoms with E-state index < -0.39 is 20.5 Å². The summed E-state index contributed by atoms with van der Waals surface area (Å²) in [6.07, 6.45) is 3.79. The van der Waals surface area contributed by atoms with Crippen LogP contribution in [0.1, 0.15) is 53.6 Å². The Kier molecular flexibility index (Phi) is 6.22. The third-order valence-electron chi connectivity index (χ3n) is 6.14. The van der Waals surface area contributed by atoms with Crippen LogP contribution in [0.15, 0.2) is 29.3 Å². The van der Waals surface area contributed by atoms with E-state index in [0.717, 1.165) is 22.4 Å². The predicted octanol–water partition coefficient (Wildman–Crippen LogP) is 3.73. The van der Waals surface area contributed by atoms with Crippen molar-refractivity contribution in [3.63, 3.8) is 0 Å². The highest BCUT2D eigenvalue weighted by molar-refractivity contribution is 7.93. The van der Waals surface area contributed by atoms with Gasteiger partial charge in [-0.3, -0.25) is 9.78 Å². The van der Waals surface area contributed by atoms with Gasteiger partial charge in [0.1, 0.15) is 5.75 Å². The van der Waals surface area contributed by atoms with Gasteiger partial charge in [-0.05, 0) is 57.7 Å². The molecule has 0 aliphatic heterocycles. The number of hydrogen-bond acceptors (Lipinski definition) is 5. The number of nitrogens with zero attached hydrogens (tertiary/aromatic N) is 1. The van der Waals surface area contributed by atoms with Crippen molar-refractivity contribution in [2.24, 2.45) is 0 Å². The number of sulfone groups is 1. The zero-order valence-corrected chi connectivity index (χ0v) is 19.1. The fourth-order valence-corrected chi connectivity index (χ4v) is 6.74. The van der Waals surface area contributed by atoms with Gasteiger partial charge in [0.15, 0.2) is 14.6 Å². The lowest BCUT2D eigenvalue weighted by Crippen LogP contribution is -2.50. The Morgan fingerprint density at radius 2 is 1.80 bits per heavy atom. The van der Waals surface area contributed by atoms with Crippen molar-refractivity contribution in [2.75, 3.05) is 7.11 Å². The summed E-state index contributed by atoms with van der Waals surface area (Å²) in [5.74, 6) is 0.287. The van der Waals surface area contributed by atoms with Gasteiger partial charge >= 0.3 is 0 Å². The second-order valence-electron chi connectivity index (χ2n) is 8.20. The molecule has 1 aliphatic rings. The minimum absolute atomic E-state index is 0.158. The number of aromatic nitrogens is 1. The van der Waals surface area contributed by atoms with Crippen LogP contribution in [0.5, 0.6) is 5.75 Å². The molecular formula is C23H30N2O4S. The molecule has 0 radical (unpaired) electrons. The third-order valence-corrected chi connectivity index (χ3v) is 8.78. The molecule has 6 nitrogen and oxygen atoms in total. The zero-order valence-electron chi connectivity index (χ0n) is 18.3. The molecule has 1 aromatic heterocycles. The van der Waals surface area contributed by atoms with Gasteiger partial charge in [0.2, 0.25) is 5.91 Å². The highest BCUT2D eigenvalue weighted by atomic mass is 32.2. The Morgan fingerprint density at radius 3 is 2.43 bits per heavy atom. The predicted molar refractivity (Wildman–Crippen MR) is 116 cm³/mol. The number of nitrogens with one attached hydrogen (secondary N) is 1. The van der Waals surface area contributed by atoms with Gasteiger partial charge in [0.25, 0.3) is 0 Å². The fraction of sp³-hybridized carbons (Fsp3) is 0.478. The number of rotatable bonds is 6. The molecule has 1 saturated carbocycles. The number of benzene rings is 1. The molecule has 30 heavy (non-hydrogen) atoms. The van der Waals surface area contributed by atoms with Crippen LogP contribution in [0.25, 0.3) is 0 Å². The second-order valence-corrected chi connectivity index (χ2v) is 10.4. The first-order valence-corrected chi connectivity index (χ1v) is 11.7. The first-order chi connectivity index (χ1) is 14.1. The molecule has 0 atom stereocenters. The van der Waals surface area contributed by atoms with Gasteiger partial charge < -0.3 is 10.1 Å². The molecule has 2 aromatic rings. The van der Waals surface area contributed by atoms with Crippen molar-refractivity contribution < 1.29 is 17.9 Å². The maximum Gasteiger partial charge on any atom is 0.242 e. The summed E-state index contributed by atoms with van der Waals surface area (Å²) in [6.45, 7) is 7.59. The number of methoxy groups -OCH3 is 1. The van der Waals surface area contributed by atoms with Crippen molar-refractivity contribution in [1.29, 1.82) is 0 Å². The van der Waals surface area contributed by atoms with Crippen LogP contribution in [-0.4, -0.2) is 31.2 Å². The van der Waals surface area contributed by atoms with E-state index in [4.69, 9.17) is 4.74 Å². The van der Waals surface area contributed by atoms with Gasteiger partial charge in [-0.1, -0.05) is 25.0 Å². The minimum Gasteiger partial charge on any atom is -0.496 e. The molecule has 1 amide bonds. The molecule has 0 bridgehead atoms. The molecule has 0 unspecified atom stereocenters. The van der Waals surface area contributed by atoms with E-state index in [1.807, 2.05) is 26.8 Å². The van der Waals surface area contributed by atoms with Crippen LogP contribution >= 0.6 is 0 Å². The monoisotopic (exact) mass is 430 g/mol. The smallest absolute Gasteiger partial charge is 0.242 e. The van der Waals surface area contributed by atoms with Crippen LogP contribution in [0.2, 0.25) is 0 Å². The van der Waals surface area contributed by atoms with E-state index >= 15 is 0 Å². The Hall–Kier alpha value is -2.41. The Bertz CT molecular complexity index is 1070. The fourth-order valence-electron chi connectivity index (χ4n) is 4.35. The van der Waals surface area contributed by atoms with Crippen LogP contribution in [0, 0.1) is 27.7 Å². The molecule has 1 aromatic carbocycles. The van der Waals surface area contributed by atoms with E-state index in [1.165, 1.54) is 0 Å². The average molecular weight is 431 g/mol. The van der Waals surface area contributed by atoms with Gasteiger partial charge in [-0.25, -0.2) is 8.42 Å². The van der Waals surface area contributed by atoms with Crippen LogP contribution in [-0.2, 0) is 21.2 Å². The summed E-state index contributed by atoms with van der Waals surface area (Å²) in [4.78, 5) is 18.0. The summed E-state index contributed by atoms with van der Waals surface area (Å²) in [5, 5.41) is 2.87. The first kappa shape index (κ1) is 22.3. The van der Waals surface area contributed by atoms with Gasteiger partial charge in [-0.2, -0.15) is 0 Å². The third kappa shape index (κ3) is 3.71. The van der Waals surface area contributed by atoms with E-state index in [-0.39, 0.29) is 11.4 Å². The van der Waals surface area contributed by atoms with E-state index in [9.17, 15) is 13.2 Å². The quantitative estimate of drug-likeness (QED) is 0.755. The summed E-state index contributed by atoms with van der Waals surface area (Å²) in [5.41, 5.74) is 3.95. The summed E-state index contributed by atoms with van der Waals surface area (Å²) in [6, 6.07) is 5.36. The highest BCUT2D eigenvalue weighted by Crippen LogP contribution is 2.42. The molecule has 0 spiro atoms. The molecular weight excluding hydrogens is 400 g/mol. The molecule has 162 valence electrons. The molecule has 7 heteroatoms. The maximum atomic E-state index is 13.7. The number of ether oxygens (including phenoxy) is 1. The summed E-state index contributed by atoms with van der Waals surface area (Å²) in [7, 11) is -2.24. The SMILES string of the molecule is COc1c(C)cnc(CNC(=O)C2(S(=O)(=O)c3cc(C)ccc3C)CCCC2)c1C. The van der Waals surface area contributed by atoms with Crippen molar-refractivity contribution in [1.82, 2.24) is 10.3 Å². The highest BCUT2D eigenvalue weighted by Gasteiger charge is 2.53. The maximum absolute atomic E-state index is 13.7. The van der Waals surface area contributed by atoms with Crippen LogP contribution < -0.4 is 10.1 Å². The van der Waals surface area contributed by atoms with Crippen molar-refractivity contribution >= 4 is 15.7 Å². The molecule has 1 heterocycles. The first-order valence-electron chi connectivity index (χ1n) is 10.2. The lowest BCUT2D eigenvalue weighted by Gasteiger charge is -2.28. The number of pyridine rings is 1. The van der Waals surface area contributed by atoms with Crippen LogP contribution in [0.3, 0.4) is 0 Å². The van der Waals surface area contributed by atoms with E-state index in [0.29, 0.717) is 36.9 Å². The average Bonchev–Trinajstić information content (AvgIpc) is 3.21. The minimum atomic E-state index is -3.84. The lowest BCUT2D eigenvalue weighted by molar-refractivity contribution is -0.123. The Labute approximate surface area is 179 Å². The normalized spacial score (nSPS) is 15.8. The number of carbonyl (C=O) groups excluding carboxylic acids is 1. The number of amides is 1. The zero-order chi connectivity index (χ0) is 22.1. The topological polar surface area (TPSA) is 85.4 Å². The largest absolute Gasteiger partial charge is 0.496 e. The Balaban J connectivity index is 1.93. The van der Waals surface area contributed by atoms with Gasteiger partial charge in [-0.15, -0.1) is 0 Å². The second kappa shape index (κ2) is 8.38. The number of carbonyl (C=O) groups is 1. The summed E-state index contributed by atoms with van der Waals surface area (Å²) < 4.78 is 31.4. The summed E-state index contributed by atoms with van der Waals surface area (Å²) >= 11 is 0. The van der Waals surface area contributed by atoms with E-state index in [2.05, 4.69) is 10.3 Å². The number of hydrogen-bond donors (Lipinski definition) is 1. The van der Waals surface area contributed by atoms with Crippen molar-refractivity contribution in [3.8, 4) is 5.75 Å². The molecule has 1 N–H and O–H groups in total. The Morgan fingerprint density at radius 1 is 1.13 bits per heavy atom. The lowest BCUT2D eigenvalue weighted by atomic mass is 10.1. The molecule has 0 saturated heterocycles. The molecule has 1 fully saturated rings. The molecule has 3 rings (SSSR count). The number of aryl methyl sites for hydroxylation is 3. The van der Waals surface area contributed by atoms with E-state index in [1.54, 1.807) is 32.4 Å². The van der Waals surface area contributed by atoms with Gasteiger partial charge in [0.05, 0.1) is 24.2 Å². The van der Waals surface area contributed by atoms with Crippen molar-refractivity contribution in [2.45, 2.75) is 69.6 Å². The van der Waals surface area contributed by atoms with Gasteiger partial charge in [0, 0.05) is 17.3 Å². The standard InChI is InChI=1S/C23H30N2O4S/c1-15-8-9-16(2)20(12-15)30(27,28)23(10-6-7-11-23)22(26)25-14-19-18(4)21(29-5)17(3)13-24-19/h8-9,12-13H,6-7,10-11,14H2,1-5H3,(H,25,26). The van der Waals surface area contributed by atoms with Crippen molar-refractivity contribution in [3.05, 3.63) is 52.3 Å². The van der Waals surface area contributed by atoms with Crippen LogP contribution in [0.4, 0.5) is 0 Å².